The van der Waals surface area contributed by atoms with Gasteiger partial charge in [-0.2, -0.15) is 0 Å². The molecule has 2 atom stereocenters. The van der Waals surface area contributed by atoms with Gasteiger partial charge >= 0.3 is 6.09 Å². The van der Waals surface area contributed by atoms with Gasteiger partial charge in [0.15, 0.2) is 0 Å². The first-order chi connectivity index (χ1) is 10.8. The van der Waals surface area contributed by atoms with Crippen LogP contribution < -0.4 is 15.4 Å². The third kappa shape index (κ3) is 5.05. The smallest absolute Gasteiger partial charge is 0.412 e. The topological polar surface area (TPSA) is 59.6 Å². The van der Waals surface area contributed by atoms with Gasteiger partial charge in [0, 0.05) is 11.7 Å². The van der Waals surface area contributed by atoms with Gasteiger partial charge in [0.05, 0.1) is 12.8 Å². The molecule has 23 heavy (non-hydrogen) atoms. The zero-order valence-corrected chi connectivity index (χ0v) is 14.7. The maximum atomic E-state index is 12.0. The van der Waals surface area contributed by atoms with E-state index in [2.05, 4.69) is 17.6 Å². The minimum absolute atomic E-state index is 0.484. The third-order valence-electron chi connectivity index (χ3n) is 4.05. The average Bonchev–Trinajstić information content (AvgIpc) is 2.82. The van der Waals surface area contributed by atoms with Gasteiger partial charge in [-0.25, -0.2) is 4.79 Å². The lowest BCUT2D eigenvalue weighted by Gasteiger charge is -2.22. The van der Waals surface area contributed by atoms with Crippen LogP contribution in [0.15, 0.2) is 18.2 Å². The molecule has 1 saturated carbocycles. The fourth-order valence-corrected chi connectivity index (χ4v) is 2.88. The molecule has 1 aliphatic rings. The van der Waals surface area contributed by atoms with Crippen molar-refractivity contribution in [3.63, 3.8) is 0 Å². The van der Waals surface area contributed by atoms with E-state index >= 15 is 0 Å². The highest BCUT2D eigenvalue weighted by Gasteiger charge is 2.23. The first-order valence-electron chi connectivity index (χ1n) is 8.23. The molecule has 2 unspecified atom stereocenters. The Hall–Kier alpha value is -1.91. The SMILES string of the molecule is COc1ccc(NC2CCCC2C)cc1NC(=O)OC(C)(C)C. The molecule has 5 nitrogen and oxygen atoms in total. The van der Waals surface area contributed by atoms with Crippen LogP contribution in [0.1, 0.15) is 47.0 Å². The Kier molecular flexibility index (Phi) is 5.39. The highest BCUT2D eigenvalue weighted by Crippen LogP contribution is 2.32. The molecule has 128 valence electrons. The third-order valence-corrected chi connectivity index (χ3v) is 4.05. The molecule has 0 bridgehead atoms. The molecule has 1 aliphatic carbocycles. The predicted octanol–water partition coefficient (Wildman–Crippen LogP) is 4.64. The summed E-state index contributed by atoms with van der Waals surface area (Å²) >= 11 is 0. The normalized spacial score (nSPS) is 20.9. The van der Waals surface area contributed by atoms with Crippen LogP contribution in [0.25, 0.3) is 0 Å². The van der Waals surface area contributed by atoms with Crippen molar-refractivity contribution in [2.45, 2.75) is 58.6 Å². The first-order valence-corrected chi connectivity index (χ1v) is 8.23. The number of amides is 1. The number of rotatable bonds is 4. The van der Waals surface area contributed by atoms with Crippen molar-refractivity contribution in [1.29, 1.82) is 0 Å². The molecule has 0 saturated heterocycles. The van der Waals surface area contributed by atoms with E-state index in [1.165, 1.54) is 19.3 Å². The molecule has 5 heteroatoms. The molecule has 1 amide bonds. The van der Waals surface area contributed by atoms with Crippen molar-refractivity contribution >= 4 is 17.5 Å². The molecule has 0 aromatic heterocycles. The quantitative estimate of drug-likeness (QED) is 0.848. The van der Waals surface area contributed by atoms with E-state index in [1.54, 1.807) is 7.11 Å². The van der Waals surface area contributed by atoms with Crippen molar-refractivity contribution < 1.29 is 14.3 Å². The minimum Gasteiger partial charge on any atom is -0.495 e. The van der Waals surface area contributed by atoms with E-state index in [0.717, 1.165) is 5.69 Å². The van der Waals surface area contributed by atoms with Gasteiger partial charge in [-0.15, -0.1) is 0 Å². The molecule has 0 aliphatic heterocycles. The Morgan fingerprint density at radius 1 is 1.26 bits per heavy atom. The summed E-state index contributed by atoms with van der Waals surface area (Å²) in [5.41, 5.74) is 1.06. The lowest BCUT2D eigenvalue weighted by atomic mass is 10.1. The number of anilines is 2. The average molecular weight is 320 g/mol. The van der Waals surface area contributed by atoms with Gasteiger partial charge in [0.25, 0.3) is 0 Å². The van der Waals surface area contributed by atoms with Crippen LogP contribution in [-0.4, -0.2) is 24.8 Å². The molecule has 0 radical (unpaired) electrons. The van der Waals surface area contributed by atoms with Gasteiger partial charge in [-0.05, 0) is 57.7 Å². The van der Waals surface area contributed by atoms with Crippen molar-refractivity contribution in [2.24, 2.45) is 5.92 Å². The van der Waals surface area contributed by atoms with Crippen molar-refractivity contribution in [3.8, 4) is 5.75 Å². The van der Waals surface area contributed by atoms with Gasteiger partial charge in [0.1, 0.15) is 11.4 Å². The Morgan fingerprint density at radius 2 is 2.00 bits per heavy atom. The summed E-state index contributed by atoms with van der Waals surface area (Å²) in [6.07, 6.45) is 3.22. The van der Waals surface area contributed by atoms with E-state index < -0.39 is 11.7 Å². The molecule has 1 fully saturated rings. The van der Waals surface area contributed by atoms with Gasteiger partial charge in [-0.1, -0.05) is 13.3 Å². The fourth-order valence-electron chi connectivity index (χ4n) is 2.88. The molecule has 0 spiro atoms. The maximum Gasteiger partial charge on any atom is 0.412 e. The molecule has 2 rings (SSSR count). The highest BCUT2D eigenvalue weighted by atomic mass is 16.6. The molecule has 0 heterocycles. The van der Waals surface area contributed by atoms with Crippen LogP contribution in [-0.2, 0) is 4.74 Å². The molecular weight excluding hydrogens is 292 g/mol. The number of nitrogens with one attached hydrogen (secondary N) is 2. The summed E-state index contributed by atoms with van der Waals surface area (Å²) in [5.74, 6) is 1.28. The van der Waals surface area contributed by atoms with E-state index in [-0.39, 0.29) is 0 Å². The number of methoxy groups -OCH3 is 1. The number of benzene rings is 1. The van der Waals surface area contributed by atoms with Crippen LogP contribution in [0.4, 0.5) is 16.2 Å². The highest BCUT2D eigenvalue weighted by molar-refractivity contribution is 5.88. The Balaban J connectivity index is 2.10. The van der Waals surface area contributed by atoms with Crippen LogP contribution >= 0.6 is 0 Å². The Morgan fingerprint density at radius 3 is 2.57 bits per heavy atom. The molecule has 1 aromatic carbocycles. The van der Waals surface area contributed by atoms with Crippen LogP contribution in [0.2, 0.25) is 0 Å². The number of ether oxygens (including phenoxy) is 2. The fraction of sp³-hybridized carbons (Fsp3) is 0.611. The summed E-state index contributed by atoms with van der Waals surface area (Å²) in [4.78, 5) is 12.0. The Bertz CT molecular complexity index is 552. The van der Waals surface area contributed by atoms with E-state index in [1.807, 2.05) is 39.0 Å². The first kappa shape index (κ1) is 17.4. The lowest BCUT2D eigenvalue weighted by Crippen LogP contribution is -2.27. The van der Waals surface area contributed by atoms with Gasteiger partial charge in [-0.3, -0.25) is 5.32 Å². The predicted molar refractivity (Wildman–Crippen MR) is 93.3 cm³/mol. The van der Waals surface area contributed by atoms with Crippen molar-refractivity contribution in [1.82, 2.24) is 0 Å². The zero-order valence-electron chi connectivity index (χ0n) is 14.7. The standard InChI is InChI=1S/C18H28N2O3/c1-12-7-6-8-14(12)19-13-9-10-16(22-5)15(11-13)20-17(21)23-18(2,3)4/h9-12,14,19H,6-8H2,1-5H3,(H,20,21). The maximum absolute atomic E-state index is 12.0. The summed E-state index contributed by atoms with van der Waals surface area (Å²) in [7, 11) is 1.59. The summed E-state index contributed by atoms with van der Waals surface area (Å²) in [6, 6.07) is 6.21. The second-order valence-electron chi connectivity index (χ2n) is 7.20. The largest absolute Gasteiger partial charge is 0.495 e. The second-order valence-corrected chi connectivity index (χ2v) is 7.20. The molecule has 1 aromatic rings. The van der Waals surface area contributed by atoms with E-state index in [0.29, 0.717) is 23.4 Å². The second kappa shape index (κ2) is 7.11. The van der Waals surface area contributed by atoms with Crippen LogP contribution in [0, 0.1) is 5.92 Å². The van der Waals surface area contributed by atoms with Gasteiger partial charge in [0.2, 0.25) is 0 Å². The number of hydrogen-bond donors (Lipinski definition) is 2. The summed E-state index contributed by atoms with van der Waals surface area (Å²) in [5, 5.41) is 6.32. The summed E-state index contributed by atoms with van der Waals surface area (Å²) < 4.78 is 10.6. The van der Waals surface area contributed by atoms with Crippen LogP contribution in [0.3, 0.4) is 0 Å². The Labute approximate surface area is 138 Å². The van der Waals surface area contributed by atoms with Crippen molar-refractivity contribution in [2.75, 3.05) is 17.7 Å². The monoisotopic (exact) mass is 320 g/mol. The van der Waals surface area contributed by atoms with Crippen molar-refractivity contribution in [3.05, 3.63) is 18.2 Å². The number of hydrogen-bond acceptors (Lipinski definition) is 4. The molecular formula is C18H28N2O3. The van der Waals surface area contributed by atoms with E-state index in [4.69, 9.17) is 9.47 Å². The lowest BCUT2D eigenvalue weighted by molar-refractivity contribution is 0.0635. The van der Waals surface area contributed by atoms with Crippen LogP contribution in [0.5, 0.6) is 5.75 Å². The van der Waals surface area contributed by atoms with E-state index in [9.17, 15) is 4.79 Å². The number of carbonyl (C=O) groups excluding carboxylic acids is 1. The minimum atomic E-state index is -0.535. The van der Waals surface area contributed by atoms with Gasteiger partial charge < -0.3 is 14.8 Å². The molecule has 2 N–H and O–H groups in total. The zero-order chi connectivity index (χ0) is 17.0. The number of carbonyl (C=O) groups is 1. The summed E-state index contributed by atoms with van der Waals surface area (Å²) in [6.45, 7) is 7.78.